The highest BCUT2D eigenvalue weighted by atomic mass is 14.8. The van der Waals surface area contributed by atoms with Gasteiger partial charge in [0.05, 0.1) is 0 Å². The van der Waals surface area contributed by atoms with Gasteiger partial charge >= 0.3 is 0 Å². The lowest BCUT2D eigenvalue weighted by Gasteiger charge is -2.05. The van der Waals surface area contributed by atoms with Crippen molar-refractivity contribution in [2.45, 2.75) is 20.8 Å². The molecule has 0 aliphatic heterocycles. The third-order valence-electron chi connectivity index (χ3n) is 2.17. The van der Waals surface area contributed by atoms with Crippen LogP contribution in [0.5, 0.6) is 0 Å². The topological polar surface area (TPSA) is 38.9 Å². The highest BCUT2D eigenvalue weighted by Gasteiger charge is 1.99. The molecule has 2 nitrogen and oxygen atoms in total. The molecule has 0 spiro atoms. The Balaban J connectivity index is 2.97. The van der Waals surface area contributed by atoms with E-state index in [0.29, 0.717) is 11.7 Å². The average Bonchev–Trinajstić information content (AvgIpc) is 2.08. The molecule has 70 valence electrons. The molecule has 0 unspecified atom stereocenters. The van der Waals surface area contributed by atoms with E-state index < -0.39 is 0 Å². The molecule has 0 radical (unpaired) electrons. The van der Waals surface area contributed by atoms with Crippen LogP contribution in [0.25, 0.3) is 6.08 Å². The number of rotatable bonds is 2. The molecule has 1 aromatic rings. The molecule has 13 heavy (non-hydrogen) atoms. The second-order valence-corrected chi connectivity index (χ2v) is 3.52. The van der Waals surface area contributed by atoms with Gasteiger partial charge in [-0.2, -0.15) is 0 Å². The van der Waals surface area contributed by atoms with Gasteiger partial charge in [-0.05, 0) is 25.0 Å². The van der Waals surface area contributed by atoms with Crippen LogP contribution in [0.2, 0.25) is 0 Å². The SMILES string of the molecule is C/C(=C/c1cccnc1N)C(C)C. The quantitative estimate of drug-likeness (QED) is 0.752. The molecule has 0 saturated carbocycles. The highest BCUT2D eigenvalue weighted by Crippen LogP contribution is 2.16. The monoisotopic (exact) mass is 176 g/mol. The zero-order valence-electron chi connectivity index (χ0n) is 8.41. The summed E-state index contributed by atoms with van der Waals surface area (Å²) in [6.45, 7) is 6.44. The minimum Gasteiger partial charge on any atom is -0.383 e. The Morgan fingerprint density at radius 2 is 2.23 bits per heavy atom. The average molecular weight is 176 g/mol. The van der Waals surface area contributed by atoms with Crippen molar-refractivity contribution in [2.24, 2.45) is 5.92 Å². The Hall–Kier alpha value is -1.31. The molecule has 0 amide bonds. The van der Waals surface area contributed by atoms with Crippen molar-refractivity contribution in [1.82, 2.24) is 4.98 Å². The van der Waals surface area contributed by atoms with Crippen LogP contribution >= 0.6 is 0 Å². The van der Waals surface area contributed by atoms with Gasteiger partial charge in [0.2, 0.25) is 0 Å². The van der Waals surface area contributed by atoms with Gasteiger partial charge in [-0.3, -0.25) is 0 Å². The largest absolute Gasteiger partial charge is 0.383 e. The molecule has 0 aliphatic rings. The van der Waals surface area contributed by atoms with Crippen LogP contribution in [-0.4, -0.2) is 4.98 Å². The summed E-state index contributed by atoms with van der Waals surface area (Å²) in [4.78, 5) is 4.02. The number of aromatic nitrogens is 1. The number of hydrogen-bond acceptors (Lipinski definition) is 2. The lowest BCUT2D eigenvalue weighted by molar-refractivity contribution is 0.776. The van der Waals surface area contributed by atoms with Gasteiger partial charge in [-0.1, -0.05) is 25.5 Å². The summed E-state index contributed by atoms with van der Waals surface area (Å²) in [7, 11) is 0. The number of hydrogen-bond donors (Lipinski definition) is 1. The number of nitrogen functional groups attached to an aromatic ring is 1. The summed E-state index contributed by atoms with van der Waals surface area (Å²) in [6, 6.07) is 3.88. The maximum atomic E-state index is 5.71. The molecule has 0 aliphatic carbocycles. The number of allylic oxidation sites excluding steroid dienone is 1. The number of pyridine rings is 1. The Labute approximate surface area is 79.5 Å². The second-order valence-electron chi connectivity index (χ2n) is 3.52. The van der Waals surface area contributed by atoms with Crippen LogP contribution in [0.3, 0.4) is 0 Å². The van der Waals surface area contributed by atoms with E-state index in [0.717, 1.165) is 5.56 Å². The Kier molecular flexibility index (Phi) is 3.07. The van der Waals surface area contributed by atoms with Gasteiger partial charge in [0.25, 0.3) is 0 Å². The van der Waals surface area contributed by atoms with E-state index in [1.54, 1.807) is 6.20 Å². The molecule has 1 heterocycles. The van der Waals surface area contributed by atoms with E-state index in [-0.39, 0.29) is 0 Å². The van der Waals surface area contributed by atoms with Crippen molar-refractivity contribution in [3.8, 4) is 0 Å². The summed E-state index contributed by atoms with van der Waals surface area (Å²) in [5, 5.41) is 0. The molecule has 0 fully saturated rings. The predicted octanol–water partition coefficient (Wildman–Crippen LogP) is 2.72. The summed E-state index contributed by atoms with van der Waals surface area (Å²) < 4.78 is 0. The fraction of sp³-hybridized carbons (Fsp3) is 0.364. The first-order valence-corrected chi connectivity index (χ1v) is 4.50. The van der Waals surface area contributed by atoms with Crippen LogP contribution in [0.4, 0.5) is 5.82 Å². The normalized spacial score (nSPS) is 12.2. The van der Waals surface area contributed by atoms with Crippen LogP contribution in [0.15, 0.2) is 23.9 Å². The van der Waals surface area contributed by atoms with E-state index in [9.17, 15) is 0 Å². The van der Waals surface area contributed by atoms with Gasteiger partial charge in [-0.15, -0.1) is 0 Å². The first-order chi connectivity index (χ1) is 6.11. The number of anilines is 1. The van der Waals surface area contributed by atoms with E-state index in [2.05, 4.69) is 31.8 Å². The zero-order chi connectivity index (χ0) is 9.84. The predicted molar refractivity (Wildman–Crippen MR) is 57.1 cm³/mol. The zero-order valence-corrected chi connectivity index (χ0v) is 8.41. The van der Waals surface area contributed by atoms with Gasteiger partial charge < -0.3 is 5.73 Å². The Morgan fingerprint density at radius 1 is 1.54 bits per heavy atom. The van der Waals surface area contributed by atoms with Crippen LogP contribution < -0.4 is 5.73 Å². The fourth-order valence-electron chi connectivity index (χ4n) is 0.964. The summed E-state index contributed by atoms with van der Waals surface area (Å²) >= 11 is 0. The van der Waals surface area contributed by atoms with Crippen molar-refractivity contribution >= 4 is 11.9 Å². The highest BCUT2D eigenvalue weighted by molar-refractivity contribution is 5.62. The van der Waals surface area contributed by atoms with Gasteiger partial charge in [0.1, 0.15) is 5.82 Å². The molecule has 0 atom stereocenters. The van der Waals surface area contributed by atoms with E-state index in [1.165, 1.54) is 5.57 Å². The van der Waals surface area contributed by atoms with Crippen LogP contribution in [0, 0.1) is 5.92 Å². The van der Waals surface area contributed by atoms with Gasteiger partial charge in [0.15, 0.2) is 0 Å². The standard InChI is InChI=1S/C11H16N2/c1-8(2)9(3)7-10-5-4-6-13-11(10)12/h4-8H,1-3H3,(H2,12,13)/b9-7-. The summed E-state index contributed by atoms with van der Waals surface area (Å²) in [5.41, 5.74) is 8.04. The molecule has 0 saturated heterocycles. The molecule has 2 N–H and O–H groups in total. The van der Waals surface area contributed by atoms with Crippen molar-refractivity contribution < 1.29 is 0 Å². The molecule has 1 rings (SSSR count). The van der Waals surface area contributed by atoms with Crippen molar-refractivity contribution in [1.29, 1.82) is 0 Å². The Bertz CT molecular complexity index is 314. The summed E-state index contributed by atoms with van der Waals surface area (Å²) in [5.74, 6) is 1.15. The van der Waals surface area contributed by atoms with Crippen molar-refractivity contribution in [3.63, 3.8) is 0 Å². The third kappa shape index (κ3) is 2.58. The molecule has 1 aromatic heterocycles. The van der Waals surface area contributed by atoms with Gasteiger partial charge in [0, 0.05) is 11.8 Å². The van der Waals surface area contributed by atoms with E-state index >= 15 is 0 Å². The molecule has 2 heteroatoms. The molecular formula is C11H16N2. The first kappa shape index (κ1) is 9.78. The molecular weight excluding hydrogens is 160 g/mol. The third-order valence-corrected chi connectivity index (χ3v) is 2.17. The summed E-state index contributed by atoms with van der Waals surface area (Å²) in [6.07, 6.45) is 3.80. The van der Waals surface area contributed by atoms with Crippen molar-refractivity contribution in [3.05, 3.63) is 29.5 Å². The van der Waals surface area contributed by atoms with E-state index in [4.69, 9.17) is 5.73 Å². The minimum absolute atomic E-state index is 0.555. The molecule has 0 aromatic carbocycles. The minimum atomic E-state index is 0.555. The lowest BCUT2D eigenvalue weighted by atomic mass is 10.0. The maximum Gasteiger partial charge on any atom is 0.130 e. The van der Waals surface area contributed by atoms with Crippen LogP contribution in [0.1, 0.15) is 26.3 Å². The first-order valence-electron chi connectivity index (χ1n) is 4.50. The Morgan fingerprint density at radius 3 is 2.77 bits per heavy atom. The maximum absolute atomic E-state index is 5.71. The van der Waals surface area contributed by atoms with Crippen LogP contribution in [-0.2, 0) is 0 Å². The lowest BCUT2D eigenvalue weighted by Crippen LogP contribution is -1.94. The number of nitrogens with zero attached hydrogens (tertiary/aromatic N) is 1. The number of nitrogens with two attached hydrogens (primary N) is 1. The van der Waals surface area contributed by atoms with E-state index in [1.807, 2.05) is 12.1 Å². The smallest absolute Gasteiger partial charge is 0.130 e. The fourth-order valence-corrected chi connectivity index (χ4v) is 0.964. The van der Waals surface area contributed by atoms with Gasteiger partial charge in [-0.25, -0.2) is 4.98 Å². The van der Waals surface area contributed by atoms with Crippen molar-refractivity contribution in [2.75, 3.05) is 5.73 Å². The second kappa shape index (κ2) is 4.08. The molecule has 0 bridgehead atoms.